The van der Waals surface area contributed by atoms with E-state index in [1.807, 2.05) is 6.92 Å². The highest BCUT2D eigenvalue weighted by Crippen LogP contribution is 2.22. The van der Waals surface area contributed by atoms with Gasteiger partial charge in [0.2, 0.25) is 0 Å². The van der Waals surface area contributed by atoms with Gasteiger partial charge >= 0.3 is 6.01 Å². The summed E-state index contributed by atoms with van der Waals surface area (Å²) in [5.41, 5.74) is 5.95. The maximum absolute atomic E-state index is 10.9. The summed E-state index contributed by atoms with van der Waals surface area (Å²) in [4.78, 5) is 19.0. The van der Waals surface area contributed by atoms with Crippen molar-refractivity contribution in [3.63, 3.8) is 0 Å². The third-order valence-corrected chi connectivity index (χ3v) is 2.52. The molecule has 0 saturated heterocycles. The monoisotopic (exact) mass is 273 g/mol. The predicted molar refractivity (Wildman–Crippen MR) is 72.6 cm³/mol. The van der Waals surface area contributed by atoms with Gasteiger partial charge in [0.05, 0.1) is 0 Å². The Kier molecular flexibility index (Phi) is 4.14. The number of aryl methyl sites for hydroxylation is 1. The Hall–Kier alpha value is -2.63. The molecular formula is C14H15N3O3. The summed E-state index contributed by atoms with van der Waals surface area (Å²) >= 11 is 0. The average molecular weight is 273 g/mol. The zero-order valence-electron chi connectivity index (χ0n) is 11.2. The maximum atomic E-state index is 10.9. The van der Waals surface area contributed by atoms with Crippen LogP contribution in [0.1, 0.15) is 12.6 Å². The molecule has 1 aromatic heterocycles. The molecule has 0 aliphatic carbocycles. The third kappa shape index (κ3) is 3.68. The van der Waals surface area contributed by atoms with E-state index in [2.05, 4.69) is 9.97 Å². The average Bonchev–Trinajstić information content (AvgIpc) is 2.41. The number of benzene rings is 1. The molecule has 0 aliphatic rings. The van der Waals surface area contributed by atoms with Crippen LogP contribution in [0.2, 0.25) is 0 Å². The van der Waals surface area contributed by atoms with Crippen molar-refractivity contribution in [2.45, 2.75) is 20.0 Å². The van der Waals surface area contributed by atoms with Crippen LogP contribution in [0.25, 0.3) is 0 Å². The Morgan fingerprint density at radius 2 is 1.85 bits per heavy atom. The fraction of sp³-hybridized carbons (Fsp3) is 0.214. The Balaban J connectivity index is 2.03. The Morgan fingerprint density at radius 1 is 1.20 bits per heavy atom. The molecule has 0 bridgehead atoms. The number of carbonyl (C=O) groups excluding carboxylic acids is 1. The van der Waals surface area contributed by atoms with Gasteiger partial charge in [0.25, 0.3) is 5.91 Å². The summed E-state index contributed by atoms with van der Waals surface area (Å²) in [6.07, 6.45) is 0.950. The minimum Gasteiger partial charge on any atom is -0.481 e. The molecule has 6 nitrogen and oxygen atoms in total. The summed E-state index contributed by atoms with van der Waals surface area (Å²) in [6.45, 7) is 3.45. The first-order chi connectivity index (χ1) is 9.54. The molecule has 1 amide bonds. The number of ether oxygens (including phenoxy) is 2. The summed E-state index contributed by atoms with van der Waals surface area (Å²) in [5.74, 6) is 0.599. The fourth-order valence-corrected chi connectivity index (χ4v) is 1.43. The zero-order valence-corrected chi connectivity index (χ0v) is 11.2. The van der Waals surface area contributed by atoms with Crippen LogP contribution in [-0.4, -0.2) is 22.0 Å². The molecule has 6 heteroatoms. The molecule has 0 saturated carbocycles. The van der Waals surface area contributed by atoms with Crippen LogP contribution >= 0.6 is 0 Å². The molecule has 0 spiro atoms. The summed E-state index contributed by atoms with van der Waals surface area (Å²) in [5, 5.41) is 0. The minimum atomic E-state index is -0.679. The van der Waals surface area contributed by atoms with Crippen LogP contribution in [0.5, 0.6) is 17.5 Å². The number of aromatic nitrogens is 2. The van der Waals surface area contributed by atoms with Crippen molar-refractivity contribution in [2.75, 3.05) is 0 Å². The SMILES string of the molecule is Cc1ccnc(Oc2ccc(OC(C)C(N)=O)cc2)n1. The molecule has 20 heavy (non-hydrogen) atoms. The van der Waals surface area contributed by atoms with Gasteiger partial charge in [0.15, 0.2) is 6.10 Å². The van der Waals surface area contributed by atoms with Crippen LogP contribution in [0.3, 0.4) is 0 Å². The topological polar surface area (TPSA) is 87.3 Å². The van der Waals surface area contributed by atoms with Crippen molar-refractivity contribution in [3.05, 3.63) is 42.2 Å². The first-order valence-corrected chi connectivity index (χ1v) is 6.08. The van der Waals surface area contributed by atoms with Crippen molar-refractivity contribution in [1.29, 1.82) is 0 Å². The summed E-state index contributed by atoms with van der Waals surface area (Å²) in [7, 11) is 0. The predicted octanol–water partition coefficient (Wildman–Crippen LogP) is 1.83. The van der Waals surface area contributed by atoms with E-state index in [9.17, 15) is 4.79 Å². The maximum Gasteiger partial charge on any atom is 0.322 e. The van der Waals surface area contributed by atoms with Gasteiger partial charge in [0, 0.05) is 11.9 Å². The Morgan fingerprint density at radius 3 is 2.45 bits per heavy atom. The van der Waals surface area contributed by atoms with E-state index in [1.165, 1.54) is 0 Å². The van der Waals surface area contributed by atoms with Gasteiger partial charge in [0.1, 0.15) is 11.5 Å². The lowest BCUT2D eigenvalue weighted by molar-refractivity contribution is -0.123. The highest BCUT2D eigenvalue weighted by atomic mass is 16.5. The van der Waals surface area contributed by atoms with Crippen LogP contribution in [0.15, 0.2) is 36.5 Å². The third-order valence-electron chi connectivity index (χ3n) is 2.52. The number of carbonyl (C=O) groups is 1. The van der Waals surface area contributed by atoms with Crippen molar-refractivity contribution < 1.29 is 14.3 Å². The zero-order chi connectivity index (χ0) is 14.5. The molecule has 104 valence electrons. The molecule has 2 aromatic rings. The lowest BCUT2D eigenvalue weighted by Crippen LogP contribution is -2.30. The second-order valence-electron chi connectivity index (χ2n) is 4.22. The van der Waals surface area contributed by atoms with Crippen molar-refractivity contribution in [1.82, 2.24) is 9.97 Å². The van der Waals surface area contributed by atoms with Crippen LogP contribution in [-0.2, 0) is 4.79 Å². The number of primary amides is 1. The normalized spacial score (nSPS) is 11.7. The largest absolute Gasteiger partial charge is 0.481 e. The number of rotatable bonds is 5. The van der Waals surface area contributed by atoms with E-state index in [-0.39, 0.29) is 6.01 Å². The van der Waals surface area contributed by atoms with Gasteiger partial charge in [-0.25, -0.2) is 9.97 Å². The van der Waals surface area contributed by atoms with Gasteiger partial charge in [-0.15, -0.1) is 0 Å². The lowest BCUT2D eigenvalue weighted by Gasteiger charge is -2.11. The first kappa shape index (κ1) is 13.8. The molecule has 2 N–H and O–H groups in total. The Bertz CT molecular complexity index is 599. The Labute approximate surface area is 116 Å². The minimum absolute atomic E-state index is 0.282. The standard InChI is InChI=1S/C14H15N3O3/c1-9-7-8-16-14(17-9)20-12-5-3-11(4-6-12)19-10(2)13(15)18/h3-8,10H,1-2H3,(H2,15,18). The summed E-state index contributed by atoms with van der Waals surface area (Å²) < 4.78 is 10.8. The second-order valence-corrected chi connectivity index (χ2v) is 4.22. The summed E-state index contributed by atoms with van der Waals surface area (Å²) in [6, 6.07) is 8.84. The van der Waals surface area contributed by atoms with E-state index in [1.54, 1.807) is 43.5 Å². The van der Waals surface area contributed by atoms with E-state index in [4.69, 9.17) is 15.2 Å². The molecule has 0 aliphatic heterocycles. The van der Waals surface area contributed by atoms with Crippen LogP contribution in [0, 0.1) is 6.92 Å². The molecule has 0 fully saturated rings. The van der Waals surface area contributed by atoms with Gasteiger partial charge in [-0.2, -0.15) is 0 Å². The number of hydrogen-bond donors (Lipinski definition) is 1. The number of amides is 1. The number of nitrogens with zero attached hydrogens (tertiary/aromatic N) is 2. The highest BCUT2D eigenvalue weighted by Gasteiger charge is 2.10. The number of hydrogen-bond acceptors (Lipinski definition) is 5. The molecule has 1 aromatic carbocycles. The van der Waals surface area contributed by atoms with Gasteiger partial charge in [-0.3, -0.25) is 4.79 Å². The smallest absolute Gasteiger partial charge is 0.322 e. The van der Waals surface area contributed by atoms with Crippen molar-refractivity contribution in [3.8, 4) is 17.5 Å². The fourth-order valence-electron chi connectivity index (χ4n) is 1.43. The van der Waals surface area contributed by atoms with E-state index in [0.29, 0.717) is 11.5 Å². The molecule has 2 rings (SSSR count). The van der Waals surface area contributed by atoms with Gasteiger partial charge < -0.3 is 15.2 Å². The molecular weight excluding hydrogens is 258 g/mol. The van der Waals surface area contributed by atoms with Crippen molar-refractivity contribution in [2.24, 2.45) is 5.73 Å². The molecule has 1 heterocycles. The van der Waals surface area contributed by atoms with Gasteiger partial charge in [-0.1, -0.05) is 0 Å². The van der Waals surface area contributed by atoms with Crippen molar-refractivity contribution >= 4 is 5.91 Å². The van der Waals surface area contributed by atoms with E-state index >= 15 is 0 Å². The first-order valence-electron chi connectivity index (χ1n) is 6.08. The molecule has 1 atom stereocenters. The van der Waals surface area contributed by atoms with Crippen LogP contribution in [0.4, 0.5) is 0 Å². The second kappa shape index (κ2) is 6.01. The van der Waals surface area contributed by atoms with E-state index in [0.717, 1.165) is 5.69 Å². The molecule has 0 radical (unpaired) electrons. The highest BCUT2D eigenvalue weighted by molar-refractivity contribution is 5.78. The van der Waals surface area contributed by atoms with Gasteiger partial charge in [-0.05, 0) is 44.2 Å². The lowest BCUT2D eigenvalue weighted by atomic mass is 10.3. The number of nitrogens with two attached hydrogens (primary N) is 1. The quantitative estimate of drug-likeness (QED) is 0.898. The van der Waals surface area contributed by atoms with Crippen LogP contribution < -0.4 is 15.2 Å². The van der Waals surface area contributed by atoms with E-state index < -0.39 is 12.0 Å². The molecule has 1 unspecified atom stereocenters.